The molecule has 2 aromatic carbocycles. The van der Waals surface area contributed by atoms with Crippen molar-refractivity contribution in [1.29, 1.82) is 0 Å². The van der Waals surface area contributed by atoms with Gasteiger partial charge in [0.05, 0.1) is 9.49 Å². The van der Waals surface area contributed by atoms with E-state index in [0.717, 1.165) is 6.42 Å². The third-order valence-corrected chi connectivity index (χ3v) is 11.2. The van der Waals surface area contributed by atoms with Gasteiger partial charge in [0.25, 0.3) is 0 Å². The molecule has 8 heteroatoms. The van der Waals surface area contributed by atoms with E-state index in [2.05, 4.69) is 0 Å². The van der Waals surface area contributed by atoms with E-state index >= 15 is 26.3 Å². The molecule has 1 fully saturated rings. The molecule has 188 valence electrons. The Morgan fingerprint density at radius 2 is 1.25 bits per heavy atom. The van der Waals surface area contributed by atoms with Crippen molar-refractivity contribution in [3.8, 4) is 0 Å². The van der Waals surface area contributed by atoms with Gasteiger partial charge in [-0.25, -0.2) is 0 Å². The Balaban J connectivity index is 1.83. The first kappa shape index (κ1) is 24.3. The normalized spacial score (nSPS) is 31.2. The highest BCUT2D eigenvalue weighted by molar-refractivity contribution is 8.06. The van der Waals surface area contributed by atoms with Gasteiger partial charge in [-0.15, -0.1) is 23.5 Å². The van der Waals surface area contributed by atoms with Crippen molar-refractivity contribution in [3.63, 3.8) is 0 Å². The zero-order valence-corrected chi connectivity index (χ0v) is 21.3. The van der Waals surface area contributed by atoms with Crippen molar-refractivity contribution in [2.24, 2.45) is 5.92 Å². The fourth-order valence-electron chi connectivity index (χ4n) is 5.87. The van der Waals surface area contributed by atoms with Gasteiger partial charge in [-0.1, -0.05) is 68.8 Å². The molecule has 2 aliphatic heterocycles. The smallest absolute Gasteiger partial charge is 0.194 e. The molecule has 0 radical (unpaired) electrons. The van der Waals surface area contributed by atoms with Crippen LogP contribution >= 0.6 is 23.5 Å². The van der Waals surface area contributed by atoms with Crippen molar-refractivity contribution >= 4 is 34.7 Å². The first-order valence-corrected chi connectivity index (χ1v) is 13.4. The summed E-state index contributed by atoms with van der Waals surface area (Å²) in [5.74, 6) is -15.6. The molecule has 36 heavy (non-hydrogen) atoms. The summed E-state index contributed by atoms with van der Waals surface area (Å²) in [6, 6.07) is 13.4. The second-order valence-corrected chi connectivity index (χ2v) is 12.7. The van der Waals surface area contributed by atoms with Crippen LogP contribution in [0.5, 0.6) is 0 Å². The molecule has 6 rings (SSSR count). The molecular formula is C28H22F6S2. The van der Waals surface area contributed by atoms with Crippen molar-refractivity contribution in [1.82, 2.24) is 0 Å². The number of benzene rings is 2. The molecule has 0 saturated heterocycles. The molecule has 0 unspecified atom stereocenters. The number of allylic oxidation sites excluding steroid dienone is 3. The van der Waals surface area contributed by atoms with Crippen LogP contribution in [0.25, 0.3) is 11.1 Å². The molecule has 0 aromatic heterocycles. The Kier molecular flexibility index (Phi) is 4.91. The lowest BCUT2D eigenvalue weighted by Crippen LogP contribution is -2.48. The standard InChI is InChI=1S/C28H22F6S2/c1-4-15(2)13-14-25-21(17-10-6-8-12-19(17)36-25)23-22(26(29,30)28(33,34)27(23,31)32)20-16-9-5-7-11-18(16)35-24(20,25)3/h5-15H,4H2,1-3H3/t15-,24-,25-/m0/s1. The maximum atomic E-state index is 15.7. The van der Waals surface area contributed by atoms with Crippen LogP contribution in [0.4, 0.5) is 26.3 Å². The van der Waals surface area contributed by atoms with Crippen LogP contribution in [-0.4, -0.2) is 27.3 Å². The molecule has 2 aromatic rings. The van der Waals surface area contributed by atoms with Gasteiger partial charge in [-0.3, -0.25) is 0 Å². The van der Waals surface area contributed by atoms with E-state index in [1.807, 2.05) is 26.0 Å². The predicted octanol–water partition coefficient (Wildman–Crippen LogP) is 9.14. The van der Waals surface area contributed by atoms with Gasteiger partial charge < -0.3 is 0 Å². The molecule has 4 aliphatic rings. The third kappa shape index (κ3) is 2.58. The molecule has 2 aliphatic carbocycles. The Hall–Kier alpha value is -2.06. The van der Waals surface area contributed by atoms with Crippen LogP contribution in [0.3, 0.4) is 0 Å². The average Bonchev–Trinajstić information content (AvgIpc) is 3.37. The summed E-state index contributed by atoms with van der Waals surface area (Å²) in [6.45, 7) is 5.70. The number of thioether (sulfide) groups is 2. The molecular weight excluding hydrogens is 514 g/mol. The van der Waals surface area contributed by atoms with E-state index in [0.29, 0.717) is 20.9 Å². The van der Waals surface area contributed by atoms with Gasteiger partial charge in [-0.05, 0) is 47.2 Å². The lowest BCUT2D eigenvalue weighted by molar-refractivity contribution is -0.257. The third-order valence-electron chi connectivity index (χ3n) is 7.93. The minimum atomic E-state index is -5.56. The minimum absolute atomic E-state index is 0.0770. The van der Waals surface area contributed by atoms with E-state index in [4.69, 9.17) is 0 Å². The summed E-state index contributed by atoms with van der Waals surface area (Å²) < 4.78 is 90.3. The van der Waals surface area contributed by atoms with E-state index in [9.17, 15) is 0 Å². The fourth-order valence-corrected chi connectivity index (χ4v) is 9.15. The second kappa shape index (κ2) is 7.28. The van der Waals surface area contributed by atoms with E-state index < -0.39 is 38.4 Å². The largest absolute Gasteiger partial charge is 0.380 e. The highest BCUT2D eigenvalue weighted by Crippen LogP contribution is 2.78. The van der Waals surface area contributed by atoms with Gasteiger partial charge in [0.2, 0.25) is 0 Å². The van der Waals surface area contributed by atoms with Gasteiger partial charge in [-0.2, -0.15) is 26.3 Å². The summed E-state index contributed by atoms with van der Waals surface area (Å²) in [5, 5.41) is 0. The predicted molar refractivity (Wildman–Crippen MR) is 133 cm³/mol. The Bertz CT molecular complexity index is 1400. The van der Waals surface area contributed by atoms with E-state index in [-0.39, 0.29) is 17.1 Å². The number of halogens is 6. The molecule has 0 bridgehead atoms. The molecule has 3 atom stereocenters. The highest BCUT2D eigenvalue weighted by atomic mass is 32.2. The molecule has 0 N–H and O–H groups in total. The summed E-state index contributed by atoms with van der Waals surface area (Å²) in [5.41, 5.74) is -2.03. The molecule has 1 saturated carbocycles. The van der Waals surface area contributed by atoms with Gasteiger partial charge in [0.15, 0.2) is 0 Å². The monoisotopic (exact) mass is 536 g/mol. The Morgan fingerprint density at radius 1 is 0.750 bits per heavy atom. The first-order valence-electron chi connectivity index (χ1n) is 11.8. The van der Waals surface area contributed by atoms with Crippen LogP contribution in [0, 0.1) is 5.92 Å². The average molecular weight is 537 g/mol. The van der Waals surface area contributed by atoms with Gasteiger partial charge >= 0.3 is 17.8 Å². The van der Waals surface area contributed by atoms with Crippen molar-refractivity contribution in [3.05, 3.63) is 83.0 Å². The topological polar surface area (TPSA) is 0 Å². The van der Waals surface area contributed by atoms with Crippen LogP contribution in [0.2, 0.25) is 0 Å². The van der Waals surface area contributed by atoms with Crippen molar-refractivity contribution in [2.75, 3.05) is 0 Å². The molecule has 2 heterocycles. The van der Waals surface area contributed by atoms with Crippen LogP contribution in [-0.2, 0) is 0 Å². The summed E-state index contributed by atoms with van der Waals surface area (Å²) in [4.78, 5) is 1.23. The zero-order valence-electron chi connectivity index (χ0n) is 19.6. The second-order valence-electron chi connectivity index (χ2n) is 9.93. The molecule has 0 amide bonds. The maximum Gasteiger partial charge on any atom is 0.380 e. The first-order chi connectivity index (χ1) is 16.8. The van der Waals surface area contributed by atoms with Crippen molar-refractivity contribution in [2.45, 2.75) is 64.2 Å². The maximum absolute atomic E-state index is 15.7. The van der Waals surface area contributed by atoms with Gasteiger partial charge in [0, 0.05) is 20.9 Å². The lowest BCUT2D eigenvalue weighted by Gasteiger charge is -2.47. The molecule has 0 nitrogen and oxygen atoms in total. The fraction of sp³-hybridized carbons (Fsp3) is 0.357. The summed E-state index contributed by atoms with van der Waals surface area (Å²) in [7, 11) is 0. The number of hydrogen-bond acceptors (Lipinski definition) is 2. The lowest BCUT2D eigenvalue weighted by atomic mass is 9.67. The van der Waals surface area contributed by atoms with Crippen molar-refractivity contribution < 1.29 is 26.3 Å². The summed E-state index contributed by atoms with van der Waals surface area (Å²) >= 11 is 2.58. The van der Waals surface area contributed by atoms with Crippen LogP contribution in [0.15, 0.2) is 81.6 Å². The zero-order chi connectivity index (χ0) is 25.9. The van der Waals surface area contributed by atoms with E-state index in [1.54, 1.807) is 55.5 Å². The SMILES string of the molecule is CC[C@H](C)C=C[C@]12Sc3ccccc3C1=C1C(=C3c4ccccc4S[C@@]32C)C(F)(F)C(F)(F)C1(F)F. The number of rotatable bonds is 3. The van der Waals surface area contributed by atoms with Crippen LogP contribution in [0.1, 0.15) is 38.3 Å². The minimum Gasteiger partial charge on any atom is -0.194 e. The van der Waals surface area contributed by atoms with E-state index in [1.165, 1.54) is 23.5 Å². The number of hydrogen-bond donors (Lipinski definition) is 0. The van der Waals surface area contributed by atoms with Gasteiger partial charge in [0.1, 0.15) is 0 Å². The molecule has 0 spiro atoms. The Morgan fingerprint density at radius 3 is 1.83 bits per heavy atom. The quantitative estimate of drug-likeness (QED) is 0.283. The summed E-state index contributed by atoms with van der Waals surface area (Å²) in [6.07, 6.45) is 4.50. The Labute approximate surface area is 213 Å². The number of fused-ring (bicyclic) bond motifs is 8. The highest BCUT2D eigenvalue weighted by Gasteiger charge is 2.85. The number of alkyl halides is 6. The van der Waals surface area contributed by atoms with Crippen LogP contribution < -0.4 is 0 Å².